The SMILES string of the molecule is CCOC(=O)c1c(C)n(Cc2ccccc2)c2c(-c3ccc(F)cc3)c(I)c3ccccc3c12. The summed E-state index contributed by atoms with van der Waals surface area (Å²) in [7, 11) is 0. The van der Waals surface area contributed by atoms with Crippen LogP contribution in [0, 0.1) is 16.3 Å². The van der Waals surface area contributed by atoms with E-state index in [1.807, 2.05) is 44.2 Å². The molecule has 0 bridgehead atoms. The van der Waals surface area contributed by atoms with E-state index in [1.165, 1.54) is 12.1 Å². The maximum absolute atomic E-state index is 13.8. The molecular formula is C29H23FINO2. The molecule has 0 N–H and O–H groups in total. The molecule has 0 unspecified atom stereocenters. The van der Waals surface area contributed by atoms with E-state index in [2.05, 4.69) is 51.4 Å². The molecule has 4 aromatic carbocycles. The fourth-order valence-electron chi connectivity index (χ4n) is 4.69. The van der Waals surface area contributed by atoms with Gasteiger partial charge in [-0.1, -0.05) is 66.7 Å². The first-order valence-corrected chi connectivity index (χ1v) is 12.3. The number of esters is 1. The van der Waals surface area contributed by atoms with Crippen molar-refractivity contribution < 1.29 is 13.9 Å². The van der Waals surface area contributed by atoms with Crippen LogP contribution in [0.15, 0.2) is 78.9 Å². The topological polar surface area (TPSA) is 31.2 Å². The molecule has 0 radical (unpaired) electrons. The highest BCUT2D eigenvalue weighted by molar-refractivity contribution is 14.1. The third kappa shape index (κ3) is 3.78. The summed E-state index contributed by atoms with van der Waals surface area (Å²) in [4.78, 5) is 13.3. The van der Waals surface area contributed by atoms with Crippen LogP contribution in [0.4, 0.5) is 4.39 Å². The van der Waals surface area contributed by atoms with Crippen LogP contribution in [0.25, 0.3) is 32.8 Å². The number of hydrogen-bond acceptors (Lipinski definition) is 2. The summed E-state index contributed by atoms with van der Waals surface area (Å²) in [6, 6.07) is 24.9. The lowest BCUT2D eigenvalue weighted by Gasteiger charge is -2.16. The molecule has 170 valence electrons. The smallest absolute Gasteiger partial charge is 0.340 e. The van der Waals surface area contributed by atoms with Gasteiger partial charge in [0.1, 0.15) is 5.82 Å². The van der Waals surface area contributed by atoms with Crippen molar-refractivity contribution in [1.29, 1.82) is 0 Å². The number of carbonyl (C=O) groups is 1. The Hall–Kier alpha value is -3.19. The summed E-state index contributed by atoms with van der Waals surface area (Å²) in [6.07, 6.45) is 0. The van der Waals surface area contributed by atoms with Crippen LogP contribution in [0.1, 0.15) is 28.5 Å². The number of ether oxygens (including phenoxy) is 1. The number of nitrogens with zero attached hydrogens (tertiary/aromatic N) is 1. The quantitative estimate of drug-likeness (QED) is 0.162. The molecular weight excluding hydrogens is 540 g/mol. The number of hydrogen-bond donors (Lipinski definition) is 0. The summed E-state index contributed by atoms with van der Waals surface area (Å²) in [5, 5.41) is 2.94. The monoisotopic (exact) mass is 563 g/mol. The van der Waals surface area contributed by atoms with E-state index in [-0.39, 0.29) is 11.8 Å². The summed E-state index contributed by atoms with van der Waals surface area (Å²) in [6.45, 7) is 4.70. The van der Waals surface area contributed by atoms with Crippen molar-refractivity contribution in [2.24, 2.45) is 0 Å². The molecule has 5 heteroatoms. The van der Waals surface area contributed by atoms with Gasteiger partial charge in [0.05, 0.1) is 17.7 Å². The van der Waals surface area contributed by atoms with Gasteiger partial charge in [-0.25, -0.2) is 9.18 Å². The van der Waals surface area contributed by atoms with Gasteiger partial charge in [0.2, 0.25) is 0 Å². The molecule has 0 saturated heterocycles. The van der Waals surface area contributed by atoms with Gasteiger partial charge in [-0.3, -0.25) is 0 Å². The van der Waals surface area contributed by atoms with E-state index < -0.39 is 0 Å². The van der Waals surface area contributed by atoms with Crippen molar-refractivity contribution in [3.63, 3.8) is 0 Å². The fourth-order valence-corrected chi connectivity index (χ4v) is 5.72. The lowest BCUT2D eigenvalue weighted by molar-refractivity contribution is 0.0527. The highest BCUT2D eigenvalue weighted by atomic mass is 127. The average Bonchev–Trinajstić information content (AvgIpc) is 3.13. The Labute approximate surface area is 211 Å². The van der Waals surface area contributed by atoms with E-state index in [0.717, 1.165) is 47.6 Å². The molecule has 0 spiro atoms. The number of aromatic nitrogens is 1. The van der Waals surface area contributed by atoms with E-state index in [0.29, 0.717) is 18.7 Å². The second-order valence-corrected chi connectivity index (χ2v) is 9.30. The van der Waals surface area contributed by atoms with E-state index in [9.17, 15) is 9.18 Å². The largest absolute Gasteiger partial charge is 0.462 e. The summed E-state index contributed by atoms with van der Waals surface area (Å²) in [5.74, 6) is -0.605. The van der Waals surface area contributed by atoms with Crippen LogP contribution < -0.4 is 0 Å². The van der Waals surface area contributed by atoms with Crippen LogP contribution in [-0.2, 0) is 11.3 Å². The number of halogens is 2. The normalized spacial score (nSPS) is 11.3. The lowest BCUT2D eigenvalue weighted by atomic mass is 9.95. The van der Waals surface area contributed by atoms with Crippen molar-refractivity contribution in [2.75, 3.05) is 6.61 Å². The summed E-state index contributed by atoms with van der Waals surface area (Å²) < 4.78 is 22.6. The number of benzene rings is 4. The van der Waals surface area contributed by atoms with Gasteiger partial charge in [0.25, 0.3) is 0 Å². The Morgan fingerprint density at radius 3 is 2.26 bits per heavy atom. The number of fused-ring (bicyclic) bond motifs is 3. The molecule has 0 aliphatic carbocycles. The minimum absolute atomic E-state index is 0.279. The first-order valence-electron chi connectivity index (χ1n) is 11.2. The van der Waals surface area contributed by atoms with E-state index in [1.54, 1.807) is 12.1 Å². The molecule has 5 rings (SSSR count). The minimum atomic E-state index is -0.326. The van der Waals surface area contributed by atoms with Gasteiger partial charge in [-0.15, -0.1) is 0 Å². The first kappa shape index (κ1) is 22.6. The van der Waals surface area contributed by atoms with Gasteiger partial charge in [-0.05, 0) is 70.5 Å². The minimum Gasteiger partial charge on any atom is -0.462 e. The van der Waals surface area contributed by atoms with Crippen molar-refractivity contribution in [3.8, 4) is 11.1 Å². The fraction of sp³-hybridized carbons (Fsp3) is 0.138. The molecule has 0 fully saturated rings. The molecule has 5 aromatic rings. The zero-order chi connectivity index (χ0) is 23.8. The molecule has 3 nitrogen and oxygen atoms in total. The summed E-state index contributed by atoms with van der Waals surface area (Å²) >= 11 is 2.38. The van der Waals surface area contributed by atoms with E-state index >= 15 is 0 Å². The van der Waals surface area contributed by atoms with Crippen molar-refractivity contribution in [3.05, 3.63) is 105 Å². The highest BCUT2D eigenvalue weighted by Gasteiger charge is 2.27. The Kier molecular flexibility index (Phi) is 6.13. The number of carbonyl (C=O) groups excluding carboxylic acids is 1. The Balaban J connectivity index is 1.97. The maximum atomic E-state index is 13.8. The van der Waals surface area contributed by atoms with Crippen LogP contribution >= 0.6 is 22.6 Å². The van der Waals surface area contributed by atoms with Gasteiger partial charge < -0.3 is 9.30 Å². The first-order chi connectivity index (χ1) is 16.5. The van der Waals surface area contributed by atoms with Gasteiger partial charge in [0.15, 0.2) is 0 Å². The van der Waals surface area contributed by atoms with Crippen LogP contribution in [0.2, 0.25) is 0 Å². The van der Waals surface area contributed by atoms with E-state index in [4.69, 9.17) is 4.74 Å². The average molecular weight is 563 g/mol. The Morgan fingerprint density at radius 2 is 1.59 bits per heavy atom. The Morgan fingerprint density at radius 1 is 0.941 bits per heavy atom. The Bertz CT molecular complexity index is 1520. The van der Waals surface area contributed by atoms with Crippen LogP contribution in [0.5, 0.6) is 0 Å². The predicted molar refractivity (Wildman–Crippen MR) is 144 cm³/mol. The molecule has 1 heterocycles. The molecule has 0 aliphatic rings. The van der Waals surface area contributed by atoms with Gasteiger partial charge in [0, 0.05) is 26.8 Å². The molecule has 0 aliphatic heterocycles. The number of rotatable bonds is 5. The highest BCUT2D eigenvalue weighted by Crippen LogP contribution is 2.43. The zero-order valence-corrected chi connectivity index (χ0v) is 21.1. The van der Waals surface area contributed by atoms with Crippen molar-refractivity contribution >= 4 is 50.2 Å². The van der Waals surface area contributed by atoms with Crippen LogP contribution in [-0.4, -0.2) is 17.1 Å². The third-order valence-corrected chi connectivity index (χ3v) is 7.33. The zero-order valence-electron chi connectivity index (χ0n) is 18.9. The second kappa shape index (κ2) is 9.22. The maximum Gasteiger partial charge on any atom is 0.340 e. The summed E-state index contributed by atoms with van der Waals surface area (Å²) in [5.41, 5.74) is 5.43. The molecule has 34 heavy (non-hydrogen) atoms. The standard InChI is InChI=1S/C29H23FINO2/c1-3-34-29(33)24-18(2)32(17-19-9-5-4-6-10-19)28-25(20-13-15-21(30)16-14-20)27(31)23-12-8-7-11-22(23)26(24)28/h4-16H,3,17H2,1-2H3. The molecule has 1 aromatic heterocycles. The predicted octanol–water partition coefficient (Wildman–Crippen LogP) is 7.74. The van der Waals surface area contributed by atoms with Gasteiger partial charge in [-0.2, -0.15) is 0 Å². The third-order valence-electron chi connectivity index (χ3n) is 6.21. The molecule has 0 atom stereocenters. The van der Waals surface area contributed by atoms with Crippen LogP contribution in [0.3, 0.4) is 0 Å². The molecule has 0 amide bonds. The second-order valence-electron chi connectivity index (χ2n) is 8.22. The van der Waals surface area contributed by atoms with Crippen molar-refractivity contribution in [1.82, 2.24) is 4.57 Å². The lowest BCUT2D eigenvalue weighted by Crippen LogP contribution is -2.08. The molecule has 0 saturated carbocycles. The van der Waals surface area contributed by atoms with Gasteiger partial charge >= 0.3 is 5.97 Å². The van der Waals surface area contributed by atoms with Crippen molar-refractivity contribution in [2.45, 2.75) is 20.4 Å².